The van der Waals surface area contributed by atoms with Gasteiger partial charge in [0.15, 0.2) is 5.96 Å². The molecule has 22 heavy (non-hydrogen) atoms. The highest BCUT2D eigenvalue weighted by molar-refractivity contribution is 14.0. The number of piperidine rings is 1. The quantitative estimate of drug-likeness (QED) is 0.416. The molecule has 2 atom stereocenters. The van der Waals surface area contributed by atoms with E-state index >= 15 is 0 Å². The second kappa shape index (κ2) is 10.6. The topological polar surface area (TPSA) is 40.1 Å². The lowest BCUT2D eigenvalue weighted by Crippen LogP contribution is -2.45. The van der Waals surface area contributed by atoms with Gasteiger partial charge in [-0.15, -0.1) is 24.0 Å². The van der Waals surface area contributed by atoms with Gasteiger partial charge in [0, 0.05) is 52.8 Å². The van der Waals surface area contributed by atoms with Gasteiger partial charge in [0.25, 0.3) is 0 Å². The number of halogens is 1. The van der Waals surface area contributed by atoms with E-state index in [1.807, 2.05) is 7.05 Å². The number of guanidine groups is 1. The molecule has 0 radical (unpaired) electrons. The van der Waals surface area contributed by atoms with Crippen LogP contribution in [0.15, 0.2) is 4.99 Å². The minimum atomic E-state index is 0. The van der Waals surface area contributed by atoms with E-state index in [2.05, 4.69) is 27.0 Å². The minimum absolute atomic E-state index is 0. The van der Waals surface area contributed by atoms with Crippen LogP contribution < -0.4 is 5.32 Å². The van der Waals surface area contributed by atoms with E-state index in [0.29, 0.717) is 5.92 Å². The van der Waals surface area contributed by atoms with Crippen LogP contribution in [0.1, 0.15) is 26.2 Å². The number of nitrogens with one attached hydrogen (secondary N) is 1. The summed E-state index contributed by atoms with van der Waals surface area (Å²) in [6.07, 6.45) is 3.94. The van der Waals surface area contributed by atoms with E-state index in [0.717, 1.165) is 44.7 Å². The number of ether oxygens (including phenoxy) is 1. The summed E-state index contributed by atoms with van der Waals surface area (Å²) < 4.78 is 5.26. The van der Waals surface area contributed by atoms with E-state index in [9.17, 15) is 0 Å². The van der Waals surface area contributed by atoms with Gasteiger partial charge in [0.2, 0.25) is 0 Å². The van der Waals surface area contributed by atoms with Gasteiger partial charge in [-0.05, 0) is 31.7 Å². The van der Waals surface area contributed by atoms with Gasteiger partial charge in [-0.1, -0.05) is 6.92 Å². The Hall–Kier alpha value is -0.0800. The Balaban J connectivity index is 0.00000242. The van der Waals surface area contributed by atoms with Crippen LogP contribution in [0.25, 0.3) is 0 Å². The third kappa shape index (κ3) is 6.20. The van der Waals surface area contributed by atoms with Crippen LogP contribution in [-0.4, -0.2) is 75.8 Å². The van der Waals surface area contributed by atoms with Crippen LogP contribution in [0.5, 0.6) is 0 Å². The zero-order valence-electron chi connectivity index (χ0n) is 14.4. The highest BCUT2D eigenvalue weighted by Crippen LogP contribution is 2.16. The SMILES string of the molecule is CN=C(NCCN1CCCC(C)C1)N1CCC(COC)C1.I. The molecule has 0 aliphatic carbocycles. The van der Waals surface area contributed by atoms with E-state index in [1.165, 1.54) is 32.4 Å². The molecule has 130 valence electrons. The Morgan fingerprint density at radius 1 is 1.27 bits per heavy atom. The summed E-state index contributed by atoms with van der Waals surface area (Å²) in [6, 6.07) is 0. The summed E-state index contributed by atoms with van der Waals surface area (Å²) in [5.74, 6) is 2.56. The van der Waals surface area contributed by atoms with Gasteiger partial charge < -0.3 is 19.9 Å². The summed E-state index contributed by atoms with van der Waals surface area (Å²) in [5, 5.41) is 3.53. The molecule has 0 aromatic heterocycles. The van der Waals surface area contributed by atoms with Crippen molar-refractivity contribution in [2.24, 2.45) is 16.8 Å². The number of hydrogen-bond donors (Lipinski definition) is 1. The van der Waals surface area contributed by atoms with Crippen molar-refractivity contribution >= 4 is 29.9 Å². The van der Waals surface area contributed by atoms with E-state index in [4.69, 9.17) is 4.74 Å². The molecule has 0 aromatic carbocycles. The Morgan fingerprint density at radius 3 is 2.77 bits per heavy atom. The molecule has 6 heteroatoms. The van der Waals surface area contributed by atoms with Gasteiger partial charge >= 0.3 is 0 Å². The maximum absolute atomic E-state index is 5.26. The fourth-order valence-corrected chi connectivity index (χ4v) is 3.54. The third-order valence-corrected chi connectivity index (χ3v) is 4.65. The maximum Gasteiger partial charge on any atom is 0.193 e. The normalized spacial score (nSPS) is 26.9. The summed E-state index contributed by atoms with van der Waals surface area (Å²) >= 11 is 0. The van der Waals surface area contributed by atoms with Crippen molar-refractivity contribution in [3.63, 3.8) is 0 Å². The lowest BCUT2D eigenvalue weighted by molar-refractivity contribution is 0.157. The number of likely N-dealkylation sites (tertiary alicyclic amines) is 2. The lowest BCUT2D eigenvalue weighted by Gasteiger charge is -2.31. The molecule has 5 nitrogen and oxygen atoms in total. The molecule has 0 saturated carbocycles. The van der Waals surface area contributed by atoms with Crippen molar-refractivity contribution in [3.8, 4) is 0 Å². The first kappa shape index (κ1) is 20.0. The molecule has 0 bridgehead atoms. The average Bonchev–Trinajstić information content (AvgIpc) is 2.92. The summed E-state index contributed by atoms with van der Waals surface area (Å²) in [7, 11) is 3.67. The Kier molecular flexibility index (Phi) is 9.66. The van der Waals surface area contributed by atoms with Crippen molar-refractivity contribution in [1.82, 2.24) is 15.1 Å². The van der Waals surface area contributed by atoms with Crippen molar-refractivity contribution in [2.45, 2.75) is 26.2 Å². The second-order valence-electron chi connectivity index (χ2n) is 6.58. The lowest BCUT2D eigenvalue weighted by atomic mass is 10.0. The molecule has 0 aromatic rings. The molecule has 2 unspecified atom stereocenters. The van der Waals surface area contributed by atoms with Crippen LogP contribution in [0, 0.1) is 11.8 Å². The van der Waals surface area contributed by atoms with Gasteiger partial charge in [-0.25, -0.2) is 0 Å². The van der Waals surface area contributed by atoms with Crippen LogP contribution >= 0.6 is 24.0 Å². The Labute approximate surface area is 152 Å². The van der Waals surface area contributed by atoms with Crippen LogP contribution in [0.4, 0.5) is 0 Å². The number of aliphatic imine (C=N–C) groups is 1. The molecule has 2 rings (SSSR count). The summed E-state index contributed by atoms with van der Waals surface area (Å²) in [5.41, 5.74) is 0. The van der Waals surface area contributed by atoms with Gasteiger partial charge in [0.05, 0.1) is 6.61 Å². The van der Waals surface area contributed by atoms with E-state index in [-0.39, 0.29) is 24.0 Å². The number of hydrogen-bond acceptors (Lipinski definition) is 3. The smallest absolute Gasteiger partial charge is 0.193 e. The molecule has 2 fully saturated rings. The molecule has 2 heterocycles. The second-order valence-corrected chi connectivity index (χ2v) is 6.58. The van der Waals surface area contributed by atoms with E-state index < -0.39 is 0 Å². The number of nitrogens with zero attached hydrogens (tertiary/aromatic N) is 3. The predicted molar refractivity (Wildman–Crippen MR) is 103 cm³/mol. The molecule has 1 N–H and O–H groups in total. The first-order valence-electron chi connectivity index (χ1n) is 8.39. The molecule has 2 aliphatic rings. The van der Waals surface area contributed by atoms with Gasteiger partial charge in [-0.2, -0.15) is 0 Å². The monoisotopic (exact) mass is 424 g/mol. The highest BCUT2D eigenvalue weighted by atomic mass is 127. The fourth-order valence-electron chi connectivity index (χ4n) is 3.54. The molecule has 2 saturated heterocycles. The minimum Gasteiger partial charge on any atom is -0.384 e. The predicted octanol–water partition coefficient (Wildman–Crippen LogP) is 1.88. The van der Waals surface area contributed by atoms with Crippen molar-refractivity contribution < 1.29 is 4.74 Å². The van der Waals surface area contributed by atoms with Gasteiger partial charge in [-0.3, -0.25) is 4.99 Å². The molecule has 0 spiro atoms. The van der Waals surface area contributed by atoms with Crippen LogP contribution in [0.2, 0.25) is 0 Å². The average molecular weight is 424 g/mol. The van der Waals surface area contributed by atoms with E-state index in [1.54, 1.807) is 7.11 Å². The first-order valence-corrected chi connectivity index (χ1v) is 8.39. The number of rotatable bonds is 5. The zero-order valence-corrected chi connectivity index (χ0v) is 16.7. The molecule has 0 amide bonds. The summed E-state index contributed by atoms with van der Waals surface area (Å²) in [4.78, 5) is 9.37. The molecular weight excluding hydrogens is 391 g/mol. The third-order valence-electron chi connectivity index (χ3n) is 4.65. The standard InChI is InChI=1S/C16H32N4O.HI/c1-14-5-4-8-19(11-14)10-7-18-16(17-2)20-9-6-15(12-20)13-21-3;/h14-15H,4-13H2,1-3H3,(H,17,18);1H. The number of methoxy groups -OCH3 is 1. The summed E-state index contributed by atoms with van der Waals surface area (Å²) in [6.45, 7) is 9.99. The Morgan fingerprint density at radius 2 is 2.09 bits per heavy atom. The van der Waals surface area contributed by atoms with Crippen molar-refractivity contribution in [1.29, 1.82) is 0 Å². The molecular formula is C16H33IN4O. The zero-order chi connectivity index (χ0) is 15.1. The van der Waals surface area contributed by atoms with Crippen molar-refractivity contribution in [3.05, 3.63) is 0 Å². The largest absolute Gasteiger partial charge is 0.384 e. The maximum atomic E-state index is 5.26. The highest BCUT2D eigenvalue weighted by Gasteiger charge is 2.24. The van der Waals surface area contributed by atoms with Crippen molar-refractivity contribution in [2.75, 3.05) is 60.0 Å². The van der Waals surface area contributed by atoms with Gasteiger partial charge in [0.1, 0.15) is 0 Å². The van der Waals surface area contributed by atoms with Crippen LogP contribution in [0.3, 0.4) is 0 Å². The molecule has 2 aliphatic heterocycles. The Bertz CT molecular complexity index is 340. The fraction of sp³-hybridized carbons (Fsp3) is 0.938. The van der Waals surface area contributed by atoms with Crippen LogP contribution in [-0.2, 0) is 4.74 Å². The first-order chi connectivity index (χ1) is 10.2.